The molecule has 10 heteroatoms. The van der Waals surface area contributed by atoms with E-state index in [2.05, 4.69) is 15.5 Å². The third-order valence-corrected chi connectivity index (χ3v) is 4.75. The number of nitrogens with zero attached hydrogens (tertiary/aromatic N) is 2. The molecular weight excluding hydrogens is 367 g/mol. The molecule has 3 N–H and O–H groups in total. The first kappa shape index (κ1) is 19.3. The van der Waals surface area contributed by atoms with Crippen molar-refractivity contribution >= 4 is 5.91 Å². The number of nitrogens with one attached hydrogen (secondary N) is 1. The average molecular weight is 385 g/mol. The van der Waals surface area contributed by atoms with Crippen LogP contribution in [0.2, 0.25) is 0 Å². The van der Waals surface area contributed by atoms with Gasteiger partial charge in [0, 0.05) is 12.1 Å². The Balaban J connectivity index is 1.85. The number of aliphatic hydroxyl groups excluding tert-OH is 2. The summed E-state index contributed by atoms with van der Waals surface area (Å²) in [5.74, 6) is -0.853. The zero-order chi connectivity index (χ0) is 19.9. The summed E-state index contributed by atoms with van der Waals surface area (Å²) in [6, 6.07) is 1.17. The lowest BCUT2D eigenvalue weighted by Gasteiger charge is -2.23. The molecule has 2 aromatic heterocycles. The van der Waals surface area contributed by atoms with Gasteiger partial charge < -0.3 is 20.1 Å². The monoisotopic (exact) mass is 385 g/mol. The Morgan fingerprint density at radius 2 is 2.00 bits per heavy atom. The fourth-order valence-corrected chi connectivity index (χ4v) is 3.38. The number of hydrogen-bond acceptors (Lipinski definition) is 6. The number of aliphatic hydroxyl groups is 2. The number of rotatable bonds is 3. The maximum Gasteiger partial charge on any atom is 0.433 e. The standard InChI is InChI=1S/C17H18F3N3O4/c1-7-13(8(2)27-23-7)16(26)22-14-10(5-11(24)15(14)25)9-3-4-12(21-6-9)17(18,19)20/h3-4,6,10-11,14-15,24-25H,5H2,1-2H3,(H,22,26). The molecule has 1 fully saturated rings. The van der Waals surface area contributed by atoms with E-state index in [9.17, 15) is 28.2 Å². The molecule has 0 spiro atoms. The highest BCUT2D eigenvalue weighted by atomic mass is 19.4. The van der Waals surface area contributed by atoms with E-state index < -0.39 is 41.9 Å². The van der Waals surface area contributed by atoms with Gasteiger partial charge in [-0.1, -0.05) is 11.2 Å². The third kappa shape index (κ3) is 3.67. The number of halogens is 3. The van der Waals surface area contributed by atoms with Gasteiger partial charge in [-0.05, 0) is 31.9 Å². The van der Waals surface area contributed by atoms with E-state index in [1.807, 2.05) is 0 Å². The van der Waals surface area contributed by atoms with Crippen LogP contribution >= 0.6 is 0 Å². The minimum absolute atomic E-state index is 0.0702. The van der Waals surface area contributed by atoms with Crippen LogP contribution in [0.4, 0.5) is 13.2 Å². The summed E-state index contributed by atoms with van der Waals surface area (Å²) >= 11 is 0. The van der Waals surface area contributed by atoms with Crippen LogP contribution in [0.15, 0.2) is 22.9 Å². The molecule has 2 aromatic rings. The molecule has 0 saturated heterocycles. The second-order valence-electron chi connectivity index (χ2n) is 6.57. The third-order valence-electron chi connectivity index (χ3n) is 4.75. The molecule has 146 valence electrons. The summed E-state index contributed by atoms with van der Waals surface area (Å²) in [5, 5.41) is 26.6. The second kappa shape index (κ2) is 6.93. The highest BCUT2D eigenvalue weighted by Gasteiger charge is 2.44. The summed E-state index contributed by atoms with van der Waals surface area (Å²) in [7, 11) is 0. The van der Waals surface area contributed by atoms with Gasteiger partial charge in [-0.3, -0.25) is 9.78 Å². The van der Waals surface area contributed by atoms with E-state index in [0.29, 0.717) is 17.0 Å². The number of hydrogen-bond donors (Lipinski definition) is 3. The van der Waals surface area contributed by atoms with Gasteiger partial charge in [0.25, 0.3) is 5.91 Å². The minimum Gasteiger partial charge on any atom is -0.390 e. The summed E-state index contributed by atoms with van der Waals surface area (Å²) in [4.78, 5) is 16.0. The van der Waals surface area contributed by atoms with Gasteiger partial charge in [-0.25, -0.2) is 0 Å². The number of amides is 1. The van der Waals surface area contributed by atoms with Crippen molar-refractivity contribution in [2.24, 2.45) is 0 Å². The summed E-state index contributed by atoms with van der Waals surface area (Å²) < 4.78 is 43.0. The van der Waals surface area contributed by atoms with Crippen molar-refractivity contribution in [1.82, 2.24) is 15.5 Å². The fourth-order valence-electron chi connectivity index (χ4n) is 3.38. The lowest BCUT2D eigenvalue weighted by molar-refractivity contribution is -0.141. The molecule has 0 aliphatic heterocycles. The van der Waals surface area contributed by atoms with E-state index in [4.69, 9.17) is 4.52 Å². The number of aromatic nitrogens is 2. The Morgan fingerprint density at radius 3 is 2.52 bits per heavy atom. The maximum absolute atomic E-state index is 12.7. The Bertz CT molecular complexity index is 815. The fraction of sp³-hybridized carbons (Fsp3) is 0.471. The van der Waals surface area contributed by atoms with Crippen LogP contribution in [-0.2, 0) is 6.18 Å². The lowest BCUT2D eigenvalue weighted by atomic mass is 9.94. The number of carbonyl (C=O) groups excluding carboxylic acids is 1. The number of aryl methyl sites for hydroxylation is 2. The quantitative estimate of drug-likeness (QED) is 0.742. The smallest absolute Gasteiger partial charge is 0.390 e. The molecule has 0 bridgehead atoms. The van der Waals surface area contributed by atoms with Crippen molar-refractivity contribution in [1.29, 1.82) is 0 Å². The summed E-state index contributed by atoms with van der Waals surface area (Å²) in [6.07, 6.45) is -5.85. The highest BCUT2D eigenvalue weighted by molar-refractivity contribution is 5.96. The van der Waals surface area contributed by atoms with Crippen LogP contribution in [0.3, 0.4) is 0 Å². The molecule has 0 aromatic carbocycles. The minimum atomic E-state index is -4.57. The van der Waals surface area contributed by atoms with Crippen LogP contribution in [0.1, 0.15) is 45.4 Å². The zero-order valence-corrected chi connectivity index (χ0v) is 14.5. The Hall–Kier alpha value is -2.46. The molecule has 1 aliphatic rings. The van der Waals surface area contributed by atoms with E-state index in [0.717, 1.165) is 12.3 Å². The molecular formula is C17H18F3N3O4. The number of alkyl halides is 3. The van der Waals surface area contributed by atoms with Crippen molar-refractivity contribution < 1.29 is 32.7 Å². The predicted octanol–water partition coefficient (Wildman–Crippen LogP) is 1.71. The molecule has 3 rings (SSSR count). The van der Waals surface area contributed by atoms with Gasteiger partial charge in [0.15, 0.2) is 0 Å². The average Bonchev–Trinajstić information content (AvgIpc) is 3.07. The van der Waals surface area contributed by atoms with Crippen LogP contribution in [0.5, 0.6) is 0 Å². The normalized spacial score (nSPS) is 25.6. The molecule has 27 heavy (non-hydrogen) atoms. The van der Waals surface area contributed by atoms with Gasteiger partial charge in [-0.2, -0.15) is 13.2 Å². The second-order valence-corrected chi connectivity index (χ2v) is 6.57. The van der Waals surface area contributed by atoms with Crippen molar-refractivity contribution in [2.75, 3.05) is 0 Å². The predicted molar refractivity (Wildman–Crippen MR) is 85.8 cm³/mol. The van der Waals surface area contributed by atoms with Crippen LogP contribution in [0.25, 0.3) is 0 Å². The number of pyridine rings is 1. The molecule has 0 radical (unpaired) electrons. The first-order valence-electron chi connectivity index (χ1n) is 8.22. The number of carbonyl (C=O) groups is 1. The van der Waals surface area contributed by atoms with Crippen LogP contribution in [0, 0.1) is 13.8 Å². The van der Waals surface area contributed by atoms with Crippen molar-refractivity contribution in [3.63, 3.8) is 0 Å². The Labute approximate surface area is 152 Å². The molecule has 1 amide bonds. The van der Waals surface area contributed by atoms with Crippen molar-refractivity contribution in [3.8, 4) is 0 Å². The molecule has 1 saturated carbocycles. The molecule has 7 nitrogen and oxygen atoms in total. The van der Waals surface area contributed by atoms with E-state index >= 15 is 0 Å². The highest BCUT2D eigenvalue weighted by Crippen LogP contribution is 2.36. The lowest BCUT2D eigenvalue weighted by Crippen LogP contribution is -2.45. The van der Waals surface area contributed by atoms with Crippen molar-refractivity contribution in [2.45, 2.75) is 50.6 Å². The Morgan fingerprint density at radius 1 is 1.30 bits per heavy atom. The maximum atomic E-state index is 12.7. The molecule has 2 heterocycles. The van der Waals surface area contributed by atoms with Crippen LogP contribution in [-0.4, -0.2) is 44.5 Å². The zero-order valence-electron chi connectivity index (χ0n) is 14.5. The molecule has 4 atom stereocenters. The van der Waals surface area contributed by atoms with Gasteiger partial charge >= 0.3 is 6.18 Å². The van der Waals surface area contributed by atoms with Gasteiger partial charge in [0.05, 0.1) is 17.8 Å². The summed E-state index contributed by atoms with van der Waals surface area (Å²) in [5.41, 5.74) is -0.0806. The van der Waals surface area contributed by atoms with E-state index in [1.165, 1.54) is 6.07 Å². The van der Waals surface area contributed by atoms with Gasteiger partial charge in [0.2, 0.25) is 0 Å². The molecule has 1 aliphatic carbocycles. The largest absolute Gasteiger partial charge is 0.433 e. The molecule has 4 unspecified atom stereocenters. The SMILES string of the molecule is Cc1noc(C)c1C(=O)NC1C(c2ccc(C(F)(F)F)nc2)CC(O)C1O. The van der Waals surface area contributed by atoms with E-state index in [-0.39, 0.29) is 12.0 Å². The van der Waals surface area contributed by atoms with Crippen molar-refractivity contribution in [3.05, 3.63) is 46.6 Å². The van der Waals surface area contributed by atoms with Gasteiger partial charge in [-0.15, -0.1) is 0 Å². The van der Waals surface area contributed by atoms with E-state index in [1.54, 1.807) is 13.8 Å². The first-order valence-corrected chi connectivity index (χ1v) is 8.22. The topological polar surface area (TPSA) is 108 Å². The van der Waals surface area contributed by atoms with Gasteiger partial charge in [0.1, 0.15) is 23.1 Å². The first-order chi connectivity index (χ1) is 12.6. The summed E-state index contributed by atoms with van der Waals surface area (Å²) in [6.45, 7) is 3.15. The Kier molecular flexibility index (Phi) is 4.96. The van der Waals surface area contributed by atoms with Crippen LogP contribution < -0.4 is 5.32 Å².